The number of hydrogen-bond acceptors (Lipinski definition) is 4. The van der Waals surface area contributed by atoms with Crippen molar-refractivity contribution >= 4 is 17.7 Å². The molecule has 6 heteroatoms. The van der Waals surface area contributed by atoms with Crippen molar-refractivity contribution in [1.29, 1.82) is 5.26 Å². The minimum atomic E-state index is -0.923. The second-order valence-electron chi connectivity index (χ2n) is 4.16. The lowest BCUT2D eigenvalue weighted by Crippen LogP contribution is -2.34. The number of nitriles is 1. The number of ether oxygens (including phenoxy) is 1. The summed E-state index contributed by atoms with van der Waals surface area (Å²) in [6, 6.07) is 8.34. The molecule has 0 aromatic heterocycles. The molecular weight excluding hydrogens is 248 g/mol. The van der Waals surface area contributed by atoms with Gasteiger partial charge in [-0.15, -0.1) is 0 Å². The molecule has 98 valence electrons. The van der Waals surface area contributed by atoms with Gasteiger partial charge in [-0.3, -0.25) is 9.69 Å². The largest absolute Gasteiger partial charge is 0.481 e. The van der Waals surface area contributed by atoms with Gasteiger partial charge in [0.25, 0.3) is 0 Å². The van der Waals surface area contributed by atoms with Crippen LogP contribution in [0.15, 0.2) is 24.3 Å². The molecule has 0 bridgehead atoms. The number of amides is 1. The molecule has 1 aromatic rings. The molecule has 0 spiro atoms. The van der Waals surface area contributed by atoms with Crippen molar-refractivity contribution < 1.29 is 19.4 Å². The molecule has 2 rings (SSSR count). The maximum Gasteiger partial charge on any atom is 0.414 e. The van der Waals surface area contributed by atoms with Gasteiger partial charge in [-0.2, -0.15) is 5.26 Å². The average Bonchev–Trinajstić information content (AvgIpc) is 2.77. The highest BCUT2D eigenvalue weighted by atomic mass is 16.6. The summed E-state index contributed by atoms with van der Waals surface area (Å²) in [5.74, 6) is -0.923. The van der Waals surface area contributed by atoms with Gasteiger partial charge in [0.2, 0.25) is 0 Å². The number of carboxylic acid groups (broad SMARTS) is 1. The van der Waals surface area contributed by atoms with Gasteiger partial charge in [-0.25, -0.2) is 4.79 Å². The van der Waals surface area contributed by atoms with E-state index in [0.717, 1.165) is 0 Å². The molecule has 1 saturated heterocycles. The molecule has 1 unspecified atom stereocenters. The van der Waals surface area contributed by atoms with Crippen LogP contribution in [0.2, 0.25) is 0 Å². The van der Waals surface area contributed by atoms with E-state index in [1.54, 1.807) is 24.3 Å². The Hall–Kier alpha value is -2.55. The predicted molar refractivity (Wildman–Crippen MR) is 65.6 cm³/mol. The lowest BCUT2D eigenvalue weighted by atomic mass is 10.1. The van der Waals surface area contributed by atoms with Crippen molar-refractivity contribution in [2.45, 2.75) is 18.9 Å². The van der Waals surface area contributed by atoms with Gasteiger partial charge >= 0.3 is 12.1 Å². The zero-order chi connectivity index (χ0) is 13.8. The summed E-state index contributed by atoms with van der Waals surface area (Å²) in [5, 5.41) is 17.7. The average molecular weight is 260 g/mol. The molecule has 1 N–H and O–H groups in total. The maximum atomic E-state index is 11.7. The summed E-state index contributed by atoms with van der Waals surface area (Å²) >= 11 is 0. The Labute approximate surface area is 109 Å². The number of benzene rings is 1. The number of para-hydroxylation sites is 1. The fraction of sp³-hybridized carbons (Fsp3) is 0.308. The van der Waals surface area contributed by atoms with Crippen molar-refractivity contribution in [1.82, 2.24) is 0 Å². The van der Waals surface area contributed by atoms with Crippen LogP contribution in [0.4, 0.5) is 10.5 Å². The van der Waals surface area contributed by atoms with Gasteiger partial charge in [0, 0.05) is 6.42 Å². The van der Waals surface area contributed by atoms with Crippen LogP contribution in [0.3, 0.4) is 0 Å². The minimum absolute atomic E-state index is 0.0491. The zero-order valence-corrected chi connectivity index (χ0v) is 10.1. The molecule has 1 fully saturated rings. The molecule has 0 saturated carbocycles. The Morgan fingerprint density at radius 1 is 1.53 bits per heavy atom. The normalized spacial score (nSPS) is 17.9. The van der Waals surface area contributed by atoms with E-state index in [4.69, 9.17) is 15.1 Å². The topological polar surface area (TPSA) is 90.6 Å². The van der Waals surface area contributed by atoms with Crippen LogP contribution in [0.1, 0.15) is 18.4 Å². The first kappa shape index (κ1) is 12.9. The quantitative estimate of drug-likeness (QED) is 0.890. The third-order valence-electron chi connectivity index (χ3n) is 2.94. The molecular formula is C13H12N2O4. The van der Waals surface area contributed by atoms with Crippen molar-refractivity contribution in [2.75, 3.05) is 11.5 Å². The van der Waals surface area contributed by atoms with Gasteiger partial charge in [-0.05, 0) is 18.6 Å². The number of nitrogens with zero attached hydrogens (tertiary/aromatic N) is 2. The van der Waals surface area contributed by atoms with E-state index >= 15 is 0 Å². The highest BCUT2D eigenvalue weighted by Crippen LogP contribution is 2.28. The predicted octanol–water partition coefficient (Wildman–Crippen LogP) is 1.75. The van der Waals surface area contributed by atoms with E-state index < -0.39 is 12.1 Å². The molecule has 1 aromatic carbocycles. The Morgan fingerprint density at radius 2 is 2.26 bits per heavy atom. The fourth-order valence-electron chi connectivity index (χ4n) is 2.04. The Morgan fingerprint density at radius 3 is 2.95 bits per heavy atom. The summed E-state index contributed by atoms with van der Waals surface area (Å²) in [6.07, 6.45) is -0.300. The highest BCUT2D eigenvalue weighted by molar-refractivity contribution is 5.92. The third kappa shape index (κ3) is 2.65. The number of cyclic esters (lactones) is 1. The molecule has 1 heterocycles. The second kappa shape index (κ2) is 5.40. The molecule has 19 heavy (non-hydrogen) atoms. The van der Waals surface area contributed by atoms with Gasteiger partial charge < -0.3 is 9.84 Å². The van der Waals surface area contributed by atoms with Crippen molar-refractivity contribution in [3.05, 3.63) is 29.8 Å². The lowest BCUT2D eigenvalue weighted by Gasteiger charge is -2.21. The van der Waals surface area contributed by atoms with Gasteiger partial charge in [0.15, 0.2) is 0 Å². The molecule has 0 radical (unpaired) electrons. The van der Waals surface area contributed by atoms with E-state index in [0.29, 0.717) is 17.7 Å². The Balaban J connectivity index is 2.26. The van der Waals surface area contributed by atoms with Crippen molar-refractivity contribution in [3.63, 3.8) is 0 Å². The summed E-state index contributed by atoms with van der Waals surface area (Å²) in [4.78, 5) is 23.7. The smallest absolute Gasteiger partial charge is 0.414 e. The standard InChI is InChI=1S/C13H12N2O4/c14-7-9-3-1-2-4-11(9)15-10(5-6-12(16)17)8-19-13(15)18/h1-4,10H,5-6,8H2,(H,16,17). The monoisotopic (exact) mass is 260 g/mol. The number of aliphatic carboxylic acids is 1. The number of anilines is 1. The fourth-order valence-corrected chi connectivity index (χ4v) is 2.04. The first-order chi connectivity index (χ1) is 9.13. The minimum Gasteiger partial charge on any atom is -0.481 e. The molecule has 6 nitrogen and oxygen atoms in total. The third-order valence-corrected chi connectivity index (χ3v) is 2.94. The van der Waals surface area contributed by atoms with Crippen LogP contribution in [0.5, 0.6) is 0 Å². The molecule has 1 aliphatic heterocycles. The Kier molecular flexibility index (Phi) is 3.66. The number of carbonyl (C=O) groups is 2. The van der Waals surface area contributed by atoms with E-state index in [9.17, 15) is 9.59 Å². The van der Waals surface area contributed by atoms with Crippen molar-refractivity contribution in [3.8, 4) is 6.07 Å². The number of rotatable bonds is 4. The zero-order valence-electron chi connectivity index (χ0n) is 10.1. The van der Waals surface area contributed by atoms with Crippen LogP contribution in [0.25, 0.3) is 0 Å². The summed E-state index contributed by atoms with van der Waals surface area (Å²) in [5.41, 5.74) is 0.824. The van der Waals surface area contributed by atoms with E-state index in [1.807, 2.05) is 6.07 Å². The number of hydrogen-bond donors (Lipinski definition) is 1. The lowest BCUT2D eigenvalue weighted by molar-refractivity contribution is -0.137. The molecule has 1 amide bonds. The first-order valence-electron chi connectivity index (χ1n) is 5.80. The first-order valence-corrected chi connectivity index (χ1v) is 5.80. The number of carbonyl (C=O) groups excluding carboxylic acids is 1. The second-order valence-corrected chi connectivity index (χ2v) is 4.16. The summed E-state index contributed by atoms with van der Waals surface area (Å²) in [6.45, 7) is 0.145. The van der Waals surface area contributed by atoms with Gasteiger partial charge in [0.05, 0.1) is 17.3 Å². The van der Waals surface area contributed by atoms with Crippen molar-refractivity contribution in [2.24, 2.45) is 0 Å². The SMILES string of the molecule is N#Cc1ccccc1N1C(=O)OCC1CCC(=O)O. The van der Waals surface area contributed by atoms with Crippen LogP contribution in [-0.2, 0) is 9.53 Å². The molecule has 0 aliphatic carbocycles. The van der Waals surface area contributed by atoms with E-state index in [1.165, 1.54) is 4.90 Å². The van der Waals surface area contributed by atoms with Crippen LogP contribution in [-0.4, -0.2) is 29.8 Å². The van der Waals surface area contributed by atoms with E-state index in [2.05, 4.69) is 0 Å². The van der Waals surface area contributed by atoms with Crippen LogP contribution < -0.4 is 4.90 Å². The molecule has 1 aliphatic rings. The summed E-state index contributed by atoms with van der Waals surface area (Å²) < 4.78 is 4.95. The highest BCUT2D eigenvalue weighted by Gasteiger charge is 2.35. The van der Waals surface area contributed by atoms with Crippen LogP contribution >= 0.6 is 0 Å². The number of carboxylic acids is 1. The van der Waals surface area contributed by atoms with Gasteiger partial charge in [-0.1, -0.05) is 12.1 Å². The Bertz CT molecular complexity index is 550. The van der Waals surface area contributed by atoms with E-state index in [-0.39, 0.29) is 19.1 Å². The molecule has 1 atom stereocenters. The van der Waals surface area contributed by atoms with Crippen LogP contribution in [0, 0.1) is 11.3 Å². The maximum absolute atomic E-state index is 11.7. The summed E-state index contributed by atoms with van der Waals surface area (Å²) in [7, 11) is 0. The van der Waals surface area contributed by atoms with Gasteiger partial charge in [0.1, 0.15) is 12.7 Å².